The van der Waals surface area contributed by atoms with Crippen LogP contribution in [0.2, 0.25) is 0 Å². The molecule has 0 saturated heterocycles. The second kappa shape index (κ2) is 9.60. The smallest absolute Gasteiger partial charge is 0.227 e. The number of nitrogens with zero attached hydrogens (tertiary/aromatic N) is 1. The summed E-state index contributed by atoms with van der Waals surface area (Å²) in [6.45, 7) is 2.72. The van der Waals surface area contributed by atoms with Gasteiger partial charge >= 0.3 is 0 Å². The van der Waals surface area contributed by atoms with Crippen molar-refractivity contribution in [3.05, 3.63) is 60.2 Å². The summed E-state index contributed by atoms with van der Waals surface area (Å²) in [5.41, 5.74) is 2.24. The number of rotatable bonds is 7. The van der Waals surface area contributed by atoms with Gasteiger partial charge in [-0.3, -0.25) is 9.59 Å². The Bertz CT molecular complexity index is 779. The van der Waals surface area contributed by atoms with Crippen LogP contribution < -0.4 is 10.2 Å². The van der Waals surface area contributed by atoms with E-state index in [9.17, 15) is 9.59 Å². The van der Waals surface area contributed by atoms with E-state index in [2.05, 4.69) is 17.4 Å². The van der Waals surface area contributed by atoms with Gasteiger partial charge in [0.2, 0.25) is 11.8 Å². The predicted molar refractivity (Wildman–Crippen MR) is 111 cm³/mol. The fraction of sp³-hybridized carbons (Fsp3) is 0.364. The number of nitrogens with one attached hydrogen (secondary N) is 1. The number of thioether (sulfide) groups is 1. The number of anilines is 1. The minimum absolute atomic E-state index is 0.0230. The maximum Gasteiger partial charge on any atom is 0.227 e. The molecule has 2 aromatic carbocycles. The lowest BCUT2D eigenvalue weighted by Gasteiger charge is -2.29. The molecule has 0 fully saturated rings. The standard InChI is InChI=1S/C22H26N2O2S/c1-17(11-12-18-7-3-2-4-8-18)23-21(25)13-14-22(26)24-15-16-27-20-10-6-5-9-19(20)24/h2-10,17H,11-16H2,1H3,(H,23,25). The Balaban J connectivity index is 1.43. The fourth-order valence-electron chi connectivity index (χ4n) is 3.23. The molecule has 3 rings (SSSR count). The first-order valence-corrected chi connectivity index (χ1v) is 10.5. The third kappa shape index (κ3) is 5.60. The van der Waals surface area contributed by atoms with Crippen molar-refractivity contribution >= 4 is 29.3 Å². The van der Waals surface area contributed by atoms with E-state index in [1.54, 1.807) is 11.8 Å². The van der Waals surface area contributed by atoms with Crippen molar-refractivity contribution in [2.45, 2.75) is 43.5 Å². The molecule has 1 aliphatic rings. The zero-order valence-electron chi connectivity index (χ0n) is 15.7. The normalized spacial score (nSPS) is 14.3. The first kappa shape index (κ1) is 19.5. The van der Waals surface area contributed by atoms with Crippen molar-refractivity contribution in [2.75, 3.05) is 17.2 Å². The number of amides is 2. The Hall–Kier alpha value is -2.27. The van der Waals surface area contributed by atoms with E-state index in [4.69, 9.17) is 0 Å². The molecule has 0 aromatic heterocycles. The van der Waals surface area contributed by atoms with Gasteiger partial charge in [0.05, 0.1) is 5.69 Å². The van der Waals surface area contributed by atoms with E-state index in [1.807, 2.05) is 54.3 Å². The average Bonchev–Trinajstić information content (AvgIpc) is 2.71. The van der Waals surface area contributed by atoms with Crippen LogP contribution in [0.15, 0.2) is 59.5 Å². The number of benzene rings is 2. The first-order chi connectivity index (χ1) is 13.1. The lowest BCUT2D eigenvalue weighted by Crippen LogP contribution is -2.37. The summed E-state index contributed by atoms with van der Waals surface area (Å²) in [6, 6.07) is 18.3. The summed E-state index contributed by atoms with van der Waals surface area (Å²) >= 11 is 1.77. The Morgan fingerprint density at radius 1 is 1.07 bits per heavy atom. The van der Waals surface area contributed by atoms with E-state index >= 15 is 0 Å². The van der Waals surface area contributed by atoms with Crippen LogP contribution in [-0.4, -0.2) is 30.2 Å². The van der Waals surface area contributed by atoms with Gasteiger partial charge in [0, 0.05) is 36.1 Å². The first-order valence-electron chi connectivity index (χ1n) is 9.49. The molecule has 1 atom stereocenters. The number of fused-ring (bicyclic) bond motifs is 1. The van der Waals surface area contributed by atoms with Crippen LogP contribution in [0.4, 0.5) is 5.69 Å². The lowest BCUT2D eigenvalue weighted by atomic mass is 10.1. The number of para-hydroxylation sites is 1. The minimum Gasteiger partial charge on any atom is -0.354 e. The van der Waals surface area contributed by atoms with Crippen molar-refractivity contribution in [2.24, 2.45) is 0 Å². The highest BCUT2D eigenvalue weighted by Crippen LogP contribution is 2.34. The van der Waals surface area contributed by atoms with Gasteiger partial charge in [-0.15, -0.1) is 11.8 Å². The number of aryl methyl sites for hydroxylation is 1. The largest absolute Gasteiger partial charge is 0.354 e. The maximum absolute atomic E-state index is 12.6. The molecule has 2 amide bonds. The fourth-order valence-corrected chi connectivity index (χ4v) is 4.23. The highest BCUT2D eigenvalue weighted by molar-refractivity contribution is 7.99. The van der Waals surface area contributed by atoms with Crippen LogP contribution in [0.3, 0.4) is 0 Å². The summed E-state index contributed by atoms with van der Waals surface area (Å²) in [4.78, 5) is 27.8. The summed E-state index contributed by atoms with van der Waals surface area (Å²) in [5, 5.41) is 3.01. The second-order valence-corrected chi connectivity index (χ2v) is 7.99. The summed E-state index contributed by atoms with van der Waals surface area (Å²) in [6.07, 6.45) is 2.31. The minimum atomic E-state index is -0.0522. The van der Waals surface area contributed by atoms with Crippen molar-refractivity contribution in [1.29, 1.82) is 0 Å². The highest BCUT2D eigenvalue weighted by atomic mass is 32.2. The lowest BCUT2D eigenvalue weighted by molar-refractivity contribution is -0.125. The van der Waals surface area contributed by atoms with Crippen molar-refractivity contribution in [3.63, 3.8) is 0 Å². The molecule has 1 N–H and O–H groups in total. The topological polar surface area (TPSA) is 49.4 Å². The Morgan fingerprint density at radius 3 is 2.63 bits per heavy atom. The molecule has 142 valence electrons. The Kier molecular flexibility index (Phi) is 6.93. The molecule has 5 heteroatoms. The molecular weight excluding hydrogens is 356 g/mol. The third-order valence-corrected chi connectivity index (χ3v) is 5.75. The Morgan fingerprint density at radius 2 is 1.81 bits per heavy atom. The molecule has 1 aliphatic heterocycles. The second-order valence-electron chi connectivity index (χ2n) is 6.85. The van der Waals surface area contributed by atoms with Crippen LogP contribution in [0.1, 0.15) is 31.7 Å². The van der Waals surface area contributed by atoms with Gasteiger partial charge in [-0.05, 0) is 37.5 Å². The van der Waals surface area contributed by atoms with Crippen molar-refractivity contribution in [1.82, 2.24) is 5.32 Å². The number of hydrogen-bond acceptors (Lipinski definition) is 3. The van der Waals surface area contributed by atoms with Crippen LogP contribution in [0, 0.1) is 0 Å². The van der Waals surface area contributed by atoms with E-state index in [0.29, 0.717) is 6.54 Å². The molecule has 1 unspecified atom stereocenters. The molecule has 0 saturated carbocycles. The summed E-state index contributed by atoms with van der Waals surface area (Å²) in [5.74, 6) is 0.865. The van der Waals surface area contributed by atoms with E-state index in [0.717, 1.165) is 29.2 Å². The van der Waals surface area contributed by atoms with Gasteiger partial charge in [0.1, 0.15) is 0 Å². The van der Waals surface area contributed by atoms with E-state index in [1.165, 1.54) is 5.56 Å². The van der Waals surface area contributed by atoms with Gasteiger partial charge < -0.3 is 10.2 Å². The van der Waals surface area contributed by atoms with Gasteiger partial charge in [-0.1, -0.05) is 42.5 Å². The van der Waals surface area contributed by atoms with Crippen LogP contribution >= 0.6 is 11.8 Å². The number of carbonyl (C=O) groups excluding carboxylic acids is 2. The molecule has 4 nitrogen and oxygen atoms in total. The quantitative estimate of drug-likeness (QED) is 0.786. The van der Waals surface area contributed by atoms with Gasteiger partial charge in [0.15, 0.2) is 0 Å². The number of carbonyl (C=O) groups is 2. The molecule has 0 radical (unpaired) electrons. The summed E-state index contributed by atoms with van der Waals surface area (Å²) < 4.78 is 0. The van der Waals surface area contributed by atoms with Crippen LogP contribution in [0.25, 0.3) is 0 Å². The van der Waals surface area contributed by atoms with Crippen molar-refractivity contribution in [3.8, 4) is 0 Å². The monoisotopic (exact) mass is 382 g/mol. The molecule has 0 aliphatic carbocycles. The molecule has 0 spiro atoms. The zero-order chi connectivity index (χ0) is 19.1. The van der Waals surface area contributed by atoms with Gasteiger partial charge in [0.25, 0.3) is 0 Å². The average molecular weight is 383 g/mol. The van der Waals surface area contributed by atoms with Gasteiger partial charge in [-0.2, -0.15) is 0 Å². The molecule has 27 heavy (non-hydrogen) atoms. The third-order valence-electron chi connectivity index (χ3n) is 4.71. The number of hydrogen-bond donors (Lipinski definition) is 1. The molecule has 0 bridgehead atoms. The van der Waals surface area contributed by atoms with E-state index < -0.39 is 0 Å². The molecule has 2 aromatic rings. The predicted octanol–water partition coefficient (Wildman–Crippen LogP) is 4.04. The highest BCUT2D eigenvalue weighted by Gasteiger charge is 2.23. The van der Waals surface area contributed by atoms with Gasteiger partial charge in [-0.25, -0.2) is 0 Å². The van der Waals surface area contributed by atoms with Crippen molar-refractivity contribution < 1.29 is 9.59 Å². The molecule has 1 heterocycles. The zero-order valence-corrected chi connectivity index (χ0v) is 16.5. The summed E-state index contributed by atoms with van der Waals surface area (Å²) in [7, 11) is 0. The van der Waals surface area contributed by atoms with E-state index in [-0.39, 0.29) is 30.7 Å². The maximum atomic E-state index is 12.6. The van der Waals surface area contributed by atoms with Crippen LogP contribution in [-0.2, 0) is 16.0 Å². The Labute approximate surface area is 165 Å². The van der Waals surface area contributed by atoms with Crippen LogP contribution in [0.5, 0.6) is 0 Å². The SMILES string of the molecule is CC(CCc1ccccc1)NC(=O)CCC(=O)N1CCSc2ccccc21. The molecular formula is C22H26N2O2S.